The minimum Gasteiger partial charge on any atom is -0.397 e. The van der Waals surface area contributed by atoms with Crippen molar-refractivity contribution in [2.45, 2.75) is 25.8 Å². The number of fused-ring (bicyclic) bond motifs is 1. The molecule has 0 unspecified atom stereocenters. The Morgan fingerprint density at radius 1 is 1.00 bits per heavy atom. The average Bonchev–Trinajstić information content (AvgIpc) is 3.29. The normalized spacial score (nSPS) is 15.0. The van der Waals surface area contributed by atoms with Crippen molar-refractivity contribution >= 4 is 28.4 Å². The second kappa shape index (κ2) is 7.53. The van der Waals surface area contributed by atoms with Gasteiger partial charge >= 0.3 is 0 Å². The number of anilines is 3. The maximum Gasteiger partial charge on any atom is 0.199 e. The minimum absolute atomic E-state index is 0.374. The van der Waals surface area contributed by atoms with E-state index in [1.165, 1.54) is 0 Å². The van der Waals surface area contributed by atoms with Crippen molar-refractivity contribution in [2.75, 3.05) is 29.0 Å². The summed E-state index contributed by atoms with van der Waals surface area (Å²) in [6, 6.07) is 8.28. The highest BCUT2D eigenvalue weighted by Gasteiger charge is 2.25. The summed E-state index contributed by atoms with van der Waals surface area (Å²) in [5.74, 6) is 3.15. The van der Waals surface area contributed by atoms with Crippen molar-refractivity contribution in [1.82, 2.24) is 34.3 Å². The molecule has 0 saturated carbocycles. The van der Waals surface area contributed by atoms with E-state index in [4.69, 9.17) is 10.7 Å². The summed E-state index contributed by atoms with van der Waals surface area (Å²) in [7, 11) is 3.89. The van der Waals surface area contributed by atoms with Crippen LogP contribution in [0.3, 0.4) is 0 Å². The highest BCUT2D eigenvalue weighted by Crippen LogP contribution is 2.29. The molecule has 1 aromatic carbocycles. The Morgan fingerprint density at radius 2 is 1.77 bits per heavy atom. The molecule has 1 aliphatic rings. The topological polar surface area (TPSA) is 116 Å². The van der Waals surface area contributed by atoms with Gasteiger partial charge in [0.1, 0.15) is 12.2 Å². The third-order valence-corrected chi connectivity index (χ3v) is 6.04. The van der Waals surface area contributed by atoms with Gasteiger partial charge in [-0.15, -0.1) is 10.2 Å². The first kappa shape index (κ1) is 19.3. The zero-order valence-electron chi connectivity index (χ0n) is 17.9. The van der Waals surface area contributed by atoms with E-state index in [0.29, 0.717) is 11.9 Å². The fraction of sp³-hybridized carbons (Fsp3) is 0.381. The lowest BCUT2D eigenvalue weighted by molar-refractivity contribution is 0.524. The molecule has 1 aliphatic heterocycles. The third kappa shape index (κ3) is 3.33. The number of aryl methyl sites for hydroxylation is 2. The van der Waals surface area contributed by atoms with Crippen molar-refractivity contribution in [3.63, 3.8) is 0 Å². The van der Waals surface area contributed by atoms with Gasteiger partial charge in [0, 0.05) is 33.2 Å². The number of nitrogen functional groups attached to an aromatic ring is 1. The molecule has 0 atom stereocenters. The lowest BCUT2D eigenvalue weighted by Crippen LogP contribution is -2.39. The quantitative estimate of drug-likeness (QED) is 0.484. The molecule has 160 valence electrons. The van der Waals surface area contributed by atoms with Gasteiger partial charge in [0.2, 0.25) is 0 Å². The van der Waals surface area contributed by atoms with E-state index in [2.05, 4.69) is 30.4 Å². The van der Waals surface area contributed by atoms with Crippen molar-refractivity contribution < 1.29 is 0 Å². The van der Waals surface area contributed by atoms with Crippen LogP contribution in [-0.2, 0) is 14.1 Å². The van der Waals surface area contributed by atoms with Crippen LogP contribution in [-0.4, -0.2) is 53.4 Å². The highest BCUT2D eigenvalue weighted by atomic mass is 15.3. The molecule has 0 aliphatic carbocycles. The predicted octanol–water partition coefficient (Wildman–Crippen LogP) is 2.13. The molecule has 3 N–H and O–H groups in total. The fourth-order valence-corrected chi connectivity index (χ4v) is 4.10. The first-order chi connectivity index (χ1) is 15.0. The molecule has 0 bridgehead atoms. The Morgan fingerprint density at radius 3 is 2.48 bits per heavy atom. The standard InChI is InChI=1S/C21H26N10/c1-13-27-28-21(29(13)2)20-26-17-18(30(20)3)23-12-24-19(17)31-10-8-14(9-11-31)25-16-7-5-4-6-15(16)22/h4-7,12,14,25H,8-11,22H2,1-3H3. The van der Waals surface area contributed by atoms with Crippen LogP contribution in [0.5, 0.6) is 0 Å². The summed E-state index contributed by atoms with van der Waals surface area (Å²) in [6.45, 7) is 3.68. The first-order valence-electron chi connectivity index (χ1n) is 10.4. The molecule has 4 heterocycles. The lowest BCUT2D eigenvalue weighted by atomic mass is 10.0. The van der Waals surface area contributed by atoms with Gasteiger partial charge in [-0.25, -0.2) is 15.0 Å². The SMILES string of the molecule is Cc1nnc(-c2nc3c(N4CCC(Nc5ccccc5N)CC4)ncnc3n2C)n1C. The maximum atomic E-state index is 6.08. The van der Waals surface area contributed by atoms with E-state index < -0.39 is 0 Å². The average molecular weight is 419 g/mol. The number of piperidine rings is 1. The predicted molar refractivity (Wildman–Crippen MR) is 121 cm³/mol. The van der Waals surface area contributed by atoms with Crippen LogP contribution < -0.4 is 16.0 Å². The highest BCUT2D eigenvalue weighted by molar-refractivity contribution is 5.86. The summed E-state index contributed by atoms with van der Waals surface area (Å²) < 4.78 is 3.89. The molecule has 1 fully saturated rings. The van der Waals surface area contributed by atoms with Gasteiger partial charge in [-0.1, -0.05) is 12.1 Å². The molecule has 31 heavy (non-hydrogen) atoms. The number of aromatic nitrogens is 7. The van der Waals surface area contributed by atoms with Crippen molar-refractivity contribution in [3.8, 4) is 11.6 Å². The zero-order valence-corrected chi connectivity index (χ0v) is 17.9. The van der Waals surface area contributed by atoms with Crippen molar-refractivity contribution in [2.24, 2.45) is 14.1 Å². The summed E-state index contributed by atoms with van der Waals surface area (Å²) >= 11 is 0. The molecular weight excluding hydrogens is 392 g/mol. The number of hydrogen-bond donors (Lipinski definition) is 2. The number of para-hydroxylation sites is 2. The van der Waals surface area contributed by atoms with Gasteiger partial charge in [-0.05, 0) is 31.9 Å². The second-order valence-electron chi connectivity index (χ2n) is 7.99. The van der Waals surface area contributed by atoms with Gasteiger partial charge in [0.15, 0.2) is 28.6 Å². The van der Waals surface area contributed by atoms with E-state index in [0.717, 1.165) is 65.9 Å². The molecule has 4 aromatic rings. The lowest BCUT2D eigenvalue weighted by Gasteiger charge is -2.33. The fourth-order valence-electron chi connectivity index (χ4n) is 4.10. The van der Waals surface area contributed by atoms with E-state index in [-0.39, 0.29) is 0 Å². The van der Waals surface area contributed by atoms with Crippen LogP contribution in [0.15, 0.2) is 30.6 Å². The van der Waals surface area contributed by atoms with Gasteiger partial charge in [0.05, 0.1) is 11.4 Å². The number of benzene rings is 1. The molecule has 10 heteroatoms. The number of imidazole rings is 1. The smallest absolute Gasteiger partial charge is 0.199 e. The van der Waals surface area contributed by atoms with Gasteiger partial charge in [-0.2, -0.15) is 0 Å². The van der Waals surface area contributed by atoms with Gasteiger partial charge in [0.25, 0.3) is 0 Å². The number of nitrogens with two attached hydrogens (primary N) is 1. The Bertz CT molecular complexity index is 1230. The third-order valence-electron chi connectivity index (χ3n) is 6.04. The molecule has 1 saturated heterocycles. The maximum absolute atomic E-state index is 6.08. The summed E-state index contributed by atoms with van der Waals surface area (Å²) in [4.78, 5) is 16.2. The van der Waals surface area contributed by atoms with Crippen molar-refractivity contribution in [1.29, 1.82) is 0 Å². The van der Waals surface area contributed by atoms with E-state index >= 15 is 0 Å². The molecule has 10 nitrogen and oxygen atoms in total. The van der Waals surface area contributed by atoms with Crippen LogP contribution in [0.4, 0.5) is 17.2 Å². The van der Waals surface area contributed by atoms with Crippen LogP contribution in [0, 0.1) is 6.92 Å². The molecule has 0 radical (unpaired) electrons. The molecule has 3 aromatic heterocycles. The largest absolute Gasteiger partial charge is 0.397 e. The Hall–Kier alpha value is -3.69. The number of nitrogens with zero attached hydrogens (tertiary/aromatic N) is 8. The number of nitrogens with one attached hydrogen (secondary N) is 1. The number of hydrogen-bond acceptors (Lipinski definition) is 8. The minimum atomic E-state index is 0.374. The molecule has 5 rings (SSSR count). The zero-order chi connectivity index (χ0) is 21.5. The van der Waals surface area contributed by atoms with E-state index in [9.17, 15) is 0 Å². The monoisotopic (exact) mass is 418 g/mol. The molecular formula is C21H26N10. The van der Waals surface area contributed by atoms with Crippen LogP contribution in [0.2, 0.25) is 0 Å². The van der Waals surface area contributed by atoms with Crippen LogP contribution >= 0.6 is 0 Å². The van der Waals surface area contributed by atoms with Gasteiger partial charge in [-0.3, -0.25) is 0 Å². The molecule has 0 amide bonds. The Labute approximate surface area is 180 Å². The molecule has 0 spiro atoms. The summed E-state index contributed by atoms with van der Waals surface area (Å²) in [5.41, 5.74) is 9.44. The Balaban J connectivity index is 1.39. The summed E-state index contributed by atoms with van der Waals surface area (Å²) in [5, 5.41) is 12.0. The summed E-state index contributed by atoms with van der Waals surface area (Å²) in [6.07, 6.45) is 3.59. The Kier molecular flexibility index (Phi) is 4.68. The van der Waals surface area contributed by atoms with E-state index in [1.54, 1.807) is 6.33 Å². The van der Waals surface area contributed by atoms with Crippen molar-refractivity contribution in [3.05, 3.63) is 36.4 Å². The van der Waals surface area contributed by atoms with Crippen LogP contribution in [0.25, 0.3) is 22.8 Å². The van der Waals surface area contributed by atoms with Gasteiger partial charge < -0.3 is 25.1 Å². The van der Waals surface area contributed by atoms with E-state index in [1.807, 2.05) is 54.4 Å². The first-order valence-corrected chi connectivity index (χ1v) is 10.4. The number of rotatable bonds is 4. The van der Waals surface area contributed by atoms with Crippen LogP contribution in [0.1, 0.15) is 18.7 Å². The second-order valence-corrected chi connectivity index (χ2v) is 7.99.